The molecule has 0 spiro atoms. The van der Waals surface area contributed by atoms with E-state index in [0.717, 1.165) is 24.1 Å². The number of carbonyl (C=O) groups excluding carboxylic acids is 2. The molecule has 4 nitrogen and oxygen atoms in total. The van der Waals surface area contributed by atoms with E-state index in [9.17, 15) is 9.59 Å². The molecule has 1 saturated carbocycles. The summed E-state index contributed by atoms with van der Waals surface area (Å²) >= 11 is 5.95. The second kappa shape index (κ2) is 7.92. The van der Waals surface area contributed by atoms with Crippen LogP contribution in [0.2, 0.25) is 5.02 Å². The van der Waals surface area contributed by atoms with Gasteiger partial charge in [0.1, 0.15) is 0 Å². The molecule has 0 aliphatic heterocycles. The fraction of sp³-hybridized carbons (Fsp3) is 0.333. The van der Waals surface area contributed by atoms with Gasteiger partial charge in [0.15, 0.2) is 0 Å². The van der Waals surface area contributed by atoms with Gasteiger partial charge in [-0.3, -0.25) is 9.59 Å². The van der Waals surface area contributed by atoms with Crippen LogP contribution in [0.5, 0.6) is 0 Å². The lowest BCUT2D eigenvalue weighted by molar-refractivity contribution is -0.118. The topological polar surface area (TPSA) is 58.2 Å². The zero-order valence-electron chi connectivity index (χ0n) is 15.0. The number of anilines is 2. The predicted molar refractivity (Wildman–Crippen MR) is 105 cm³/mol. The Balaban J connectivity index is 1.66. The summed E-state index contributed by atoms with van der Waals surface area (Å²) in [5.74, 6) is 0.0665. The van der Waals surface area contributed by atoms with E-state index < -0.39 is 0 Å². The Kier molecular flexibility index (Phi) is 5.62. The molecule has 136 valence electrons. The molecule has 5 heteroatoms. The van der Waals surface area contributed by atoms with E-state index in [-0.39, 0.29) is 29.6 Å². The van der Waals surface area contributed by atoms with Crippen molar-refractivity contribution in [3.8, 4) is 0 Å². The van der Waals surface area contributed by atoms with E-state index in [2.05, 4.69) is 10.6 Å². The number of nitrogens with one attached hydrogen (secondary N) is 2. The van der Waals surface area contributed by atoms with Gasteiger partial charge < -0.3 is 10.6 Å². The Morgan fingerprint density at radius 2 is 1.46 bits per heavy atom. The quantitative estimate of drug-likeness (QED) is 0.746. The molecule has 2 amide bonds. The van der Waals surface area contributed by atoms with E-state index in [1.165, 1.54) is 0 Å². The Hall–Kier alpha value is -2.33. The first-order valence-corrected chi connectivity index (χ1v) is 9.29. The van der Waals surface area contributed by atoms with Gasteiger partial charge in [-0.1, -0.05) is 37.6 Å². The van der Waals surface area contributed by atoms with E-state index >= 15 is 0 Å². The van der Waals surface area contributed by atoms with Crippen molar-refractivity contribution in [2.24, 2.45) is 11.8 Å². The normalized spacial score (nSPS) is 14.8. The van der Waals surface area contributed by atoms with Crippen LogP contribution in [0.3, 0.4) is 0 Å². The molecule has 0 saturated heterocycles. The van der Waals surface area contributed by atoms with Crippen LogP contribution in [0.1, 0.15) is 38.2 Å². The number of rotatable bonds is 6. The smallest absolute Gasteiger partial charge is 0.232 e. The van der Waals surface area contributed by atoms with Crippen LogP contribution in [0, 0.1) is 11.8 Å². The zero-order valence-corrected chi connectivity index (χ0v) is 15.7. The van der Waals surface area contributed by atoms with Crippen LogP contribution in [0.4, 0.5) is 11.4 Å². The monoisotopic (exact) mass is 370 g/mol. The number of amides is 2. The molecule has 0 aromatic heterocycles. The van der Waals surface area contributed by atoms with Crippen molar-refractivity contribution < 1.29 is 9.59 Å². The molecule has 26 heavy (non-hydrogen) atoms. The average molecular weight is 371 g/mol. The Morgan fingerprint density at radius 1 is 0.923 bits per heavy atom. The standard InChI is InChI=1S/C21H23ClN2O2/c1-13(2)19(14-5-7-16(22)8-6-14)21(26)24-18-11-9-17(10-12-18)23-20(25)15-3-4-15/h5-13,15,19H,3-4H2,1-2H3,(H,23,25)(H,24,26)/t19-/m1/s1. The van der Waals surface area contributed by atoms with E-state index in [1.807, 2.05) is 38.1 Å². The van der Waals surface area contributed by atoms with E-state index in [4.69, 9.17) is 11.6 Å². The van der Waals surface area contributed by atoms with Crippen molar-refractivity contribution in [2.45, 2.75) is 32.6 Å². The molecule has 1 atom stereocenters. The van der Waals surface area contributed by atoms with Crippen molar-refractivity contribution >= 4 is 34.8 Å². The summed E-state index contributed by atoms with van der Waals surface area (Å²) in [7, 11) is 0. The van der Waals surface area contributed by atoms with Gasteiger partial charge in [-0.05, 0) is 60.7 Å². The minimum Gasteiger partial charge on any atom is -0.326 e. The number of hydrogen-bond acceptors (Lipinski definition) is 2. The highest BCUT2D eigenvalue weighted by Crippen LogP contribution is 2.30. The van der Waals surface area contributed by atoms with Crippen molar-refractivity contribution in [3.05, 3.63) is 59.1 Å². The first-order chi connectivity index (χ1) is 12.4. The SMILES string of the molecule is CC(C)[C@@H](C(=O)Nc1ccc(NC(=O)C2CC2)cc1)c1ccc(Cl)cc1. The first kappa shape index (κ1) is 18.5. The molecule has 2 N–H and O–H groups in total. The summed E-state index contributed by atoms with van der Waals surface area (Å²) in [5.41, 5.74) is 2.40. The molecule has 0 radical (unpaired) electrons. The van der Waals surface area contributed by atoms with Gasteiger partial charge in [0.05, 0.1) is 5.92 Å². The van der Waals surface area contributed by atoms with Crippen molar-refractivity contribution in [3.63, 3.8) is 0 Å². The van der Waals surface area contributed by atoms with Gasteiger partial charge in [0.2, 0.25) is 11.8 Å². The molecule has 0 bridgehead atoms. The summed E-state index contributed by atoms with van der Waals surface area (Å²) in [6.07, 6.45) is 1.95. The lowest BCUT2D eigenvalue weighted by Gasteiger charge is -2.21. The third kappa shape index (κ3) is 4.64. The fourth-order valence-corrected chi connectivity index (χ4v) is 3.08. The Bertz CT molecular complexity index is 781. The largest absolute Gasteiger partial charge is 0.326 e. The summed E-state index contributed by atoms with van der Waals surface area (Å²) < 4.78 is 0. The third-order valence-corrected chi connectivity index (χ3v) is 4.80. The molecule has 1 fully saturated rings. The van der Waals surface area contributed by atoms with Crippen LogP contribution in [-0.2, 0) is 9.59 Å². The van der Waals surface area contributed by atoms with E-state index in [0.29, 0.717) is 10.7 Å². The summed E-state index contributed by atoms with van der Waals surface area (Å²) in [6, 6.07) is 14.6. The minimum absolute atomic E-state index is 0.0583. The Labute approximate surface area is 158 Å². The maximum atomic E-state index is 12.8. The highest BCUT2D eigenvalue weighted by molar-refractivity contribution is 6.30. The maximum absolute atomic E-state index is 12.8. The lowest BCUT2D eigenvalue weighted by Crippen LogP contribution is -2.25. The number of benzene rings is 2. The van der Waals surface area contributed by atoms with Gasteiger partial charge in [0.25, 0.3) is 0 Å². The average Bonchev–Trinajstić information content (AvgIpc) is 3.43. The van der Waals surface area contributed by atoms with Crippen LogP contribution in [-0.4, -0.2) is 11.8 Å². The molecule has 0 unspecified atom stereocenters. The highest BCUT2D eigenvalue weighted by atomic mass is 35.5. The van der Waals surface area contributed by atoms with Gasteiger partial charge in [0, 0.05) is 22.3 Å². The molecule has 1 aliphatic rings. The highest BCUT2D eigenvalue weighted by Gasteiger charge is 2.29. The van der Waals surface area contributed by atoms with Crippen LogP contribution >= 0.6 is 11.6 Å². The van der Waals surface area contributed by atoms with Crippen LogP contribution in [0.15, 0.2) is 48.5 Å². The van der Waals surface area contributed by atoms with E-state index in [1.54, 1.807) is 24.3 Å². The predicted octanol–water partition coefficient (Wildman–Crippen LogP) is 5.07. The second-order valence-electron chi connectivity index (χ2n) is 7.10. The molecule has 2 aromatic rings. The Morgan fingerprint density at radius 3 is 1.96 bits per heavy atom. The van der Waals surface area contributed by atoms with Gasteiger partial charge in [-0.2, -0.15) is 0 Å². The van der Waals surface area contributed by atoms with Gasteiger partial charge >= 0.3 is 0 Å². The number of halogens is 1. The molecular formula is C21H23ClN2O2. The fourth-order valence-electron chi connectivity index (χ4n) is 2.96. The molecule has 1 aliphatic carbocycles. The molecule has 0 heterocycles. The number of carbonyl (C=O) groups is 2. The van der Waals surface area contributed by atoms with Crippen molar-refractivity contribution in [2.75, 3.05) is 10.6 Å². The second-order valence-corrected chi connectivity index (χ2v) is 7.54. The van der Waals surface area contributed by atoms with Gasteiger partial charge in [-0.15, -0.1) is 0 Å². The summed E-state index contributed by atoms with van der Waals surface area (Å²) in [6.45, 7) is 4.05. The summed E-state index contributed by atoms with van der Waals surface area (Å²) in [4.78, 5) is 24.6. The van der Waals surface area contributed by atoms with Crippen molar-refractivity contribution in [1.29, 1.82) is 0 Å². The maximum Gasteiger partial charge on any atom is 0.232 e. The molecule has 3 rings (SSSR count). The summed E-state index contributed by atoms with van der Waals surface area (Å²) in [5, 5.41) is 6.51. The van der Waals surface area contributed by atoms with Crippen molar-refractivity contribution in [1.82, 2.24) is 0 Å². The number of hydrogen-bond donors (Lipinski definition) is 2. The zero-order chi connectivity index (χ0) is 18.7. The minimum atomic E-state index is -0.262. The first-order valence-electron chi connectivity index (χ1n) is 8.91. The van der Waals surface area contributed by atoms with Gasteiger partial charge in [-0.25, -0.2) is 0 Å². The van der Waals surface area contributed by atoms with Crippen LogP contribution in [0.25, 0.3) is 0 Å². The lowest BCUT2D eigenvalue weighted by atomic mass is 9.87. The molecular weight excluding hydrogens is 348 g/mol. The third-order valence-electron chi connectivity index (χ3n) is 4.55. The molecule has 2 aromatic carbocycles. The van der Waals surface area contributed by atoms with Crippen LogP contribution < -0.4 is 10.6 Å².